The van der Waals surface area contributed by atoms with E-state index in [2.05, 4.69) is 4.98 Å². The Hall–Kier alpha value is -3.08. The van der Waals surface area contributed by atoms with Crippen LogP contribution in [-0.2, 0) is 30.7 Å². The summed E-state index contributed by atoms with van der Waals surface area (Å²) in [5.41, 5.74) is 1.37. The van der Waals surface area contributed by atoms with E-state index in [0.717, 1.165) is 21.8 Å². The van der Waals surface area contributed by atoms with Crippen molar-refractivity contribution >= 4 is 27.5 Å². The molecule has 0 aliphatic carbocycles. The van der Waals surface area contributed by atoms with Crippen molar-refractivity contribution in [3.05, 3.63) is 50.9 Å². The fourth-order valence-corrected chi connectivity index (χ4v) is 4.98. The number of aromatic nitrogens is 2. The zero-order chi connectivity index (χ0) is 23.0. The molecule has 0 spiro atoms. The van der Waals surface area contributed by atoms with Gasteiger partial charge in [0.1, 0.15) is 16.3 Å². The first-order chi connectivity index (χ1) is 15.2. The van der Waals surface area contributed by atoms with Crippen LogP contribution in [0.15, 0.2) is 29.3 Å². The third-order valence-electron chi connectivity index (χ3n) is 5.41. The van der Waals surface area contributed by atoms with E-state index in [4.69, 9.17) is 9.47 Å². The zero-order valence-electron chi connectivity index (χ0n) is 17.4. The van der Waals surface area contributed by atoms with E-state index in [1.165, 1.54) is 10.9 Å². The summed E-state index contributed by atoms with van der Waals surface area (Å²) in [4.78, 5) is 30.9. The largest absolute Gasteiger partial charge is 0.497 e. The Kier molecular flexibility index (Phi) is 5.85. The van der Waals surface area contributed by atoms with Crippen LogP contribution in [0.2, 0.25) is 0 Å². The van der Waals surface area contributed by atoms with Crippen LogP contribution in [0.3, 0.4) is 0 Å². The number of benzene rings is 1. The highest BCUT2D eigenvalue weighted by molar-refractivity contribution is 7.18. The molecule has 0 fully saturated rings. The van der Waals surface area contributed by atoms with Crippen molar-refractivity contribution < 1.29 is 27.4 Å². The summed E-state index contributed by atoms with van der Waals surface area (Å²) < 4.78 is 50.4. The minimum absolute atomic E-state index is 0.0882. The molecule has 3 aromatic rings. The molecule has 3 heterocycles. The zero-order valence-corrected chi connectivity index (χ0v) is 18.2. The highest BCUT2D eigenvalue weighted by atomic mass is 32.1. The minimum Gasteiger partial charge on any atom is -0.497 e. The van der Waals surface area contributed by atoms with Gasteiger partial charge in [-0.15, -0.1) is 11.3 Å². The van der Waals surface area contributed by atoms with Crippen LogP contribution in [-0.4, -0.2) is 47.3 Å². The van der Waals surface area contributed by atoms with Crippen LogP contribution in [0.4, 0.5) is 13.2 Å². The van der Waals surface area contributed by atoms with Crippen LogP contribution in [0.25, 0.3) is 10.2 Å². The molecule has 0 radical (unpaired) electrons. The first-order valence-electron chi connectivity index (χ1n) is 9.79. The Labute approximate surface area is 185 Å². The van der Waals surface area contributed by atoms with E-state index < -0.39 is 12.1 Å². The second-order valence-corrected chi connectivity index (χ2v) is 8.46. The topological polar surface area (TPSA) is 73.7 Å². The molecule has 11 heteroatoms. The molecular weight excluding hydrogens is 447 g/mol. The number of rotatable bonds is 5. The predicted octanol–water partition coefficient (Wildman–Crippen LogP) is 3.16. The van der Waals surface area contributed by atoms with Gasteiger partial charge in [-0.1, -0.05) is 0 Å². The summed E-state index contributed by atoms with van der Waals surface area (Å²) in [7, 11) is 3.12. The van der Waals surface area contributed by atoms with Crippen LogP contribution < -0.4 is 15.0 Å². The monoisotopic (exact) mass is 467 g/mol. The number of hydrogen-bond donors (Lipinski definition) is 0. The summed E-state index contributed by atoms with van der Waals surface area (Å²) in [5, 5.41) is 0.426. The Morgan fingerprint density at radius 3 is 2.50 bits per heavy atom. The van der Waals surface area contributed by atoms with Gasteiger partial charge in [0.25, 0.3) is 5.56 Å². The van der Waals surface area contributed by atoms with E-state index in [9.17, 15) is 22.8 Å². The molecule has 0 saturated carbocycles. The molecule has 7 nitrogen and oxygen atoms in total. The lowest BCUT2D eigenvalue weighted by Crippen LogP contribution is -2.43. The van der Waals surface area contributed by atoms with Crippen molar-refractivity contribution in [1.29, 1.82) is 0 Å². The van der Waals surface area contributed by atoms with E-state index in [1.54, 1.807) is 20.3 Å². The molecular formula is C21H20F3N3O4S. The highest BCUT2D eigenvalue weighted by Crippen LogP contribution is 2.33. The SMILES string of the molecule is COc1cc(CCn2cnc3sc4c(c3c2=O)CCN(C(=O)C(F)(F)F)C4)cc(OC)c1. The Balaban J connectivity index is 1.60. The molecule has 1 aliphatic rings. The number of carbonyl (C=O) groups is 1. The number of nitrogens with zero attached hydrogens (tertiary/aromatic N) is 3. The summed E-state index contributed by atoms with van der Waals surface area (Å²) in [5.74, 6) is -0.574. The van der Waals surface area contributed by atoms with Crippen molar-refractivity contribution in [3.8, 4) is 11.5 Å². The van der Waals surface area contributed by atoms with Crippen LogP contribution in [0.1, 0.15) is 16.0 Å². The van der Waals surface area contributed by atoms with Gasteiger partial charge in [0.05, 0.1) is 32.5 Å². The fourth-order valence-electron chi connectivity index (χ4n) is 3.79. The lowest BCUT2D eigenvalue weighted by Gasteiger charge is -2.27. The average Bonchev–Trinajstić information content (AvgIpc) is 3.15. The molecule has 0 atom stereocenters. The van der Waals surface area contributed by atoms with Gasteiger partial charge in [0.2, 0.25) is 0 Å². The average molecular weight is 467 g/mol. The second-order valence-electron chi connectivity index (χ2n) is 7.37. The molecule has 1 aromatic carbocycles. The van der Waals surface area contributed by atoms with Gasteiger partial charge < -0.3 is 14.4 Å². The maximum atomic E-state index is 13.1. The number of hydrogen-bond acceptors (Lipinski definition) is 6. The minimum atomic E-state index is -4.91. The van der Waals surface area contributed by atoms with E-state index in [-0.39, 0.29) is 25.1 Å². The molecule has 0 N–H and O–H groups in total. The Bertz CT molecular complexity index is 1210. The molecule has 1 amide bonds. The van der Waals surface area contributed by atoms with Crippen molar-refractivity contribution in [2.24, 2.45) is 0 Å². The van der Waals surface area contributed by atoms with E-state index in [1.807, 2.05) is 12.1 Å². The molecule has 0 bridgehead atoms. The quantitative estimate of drug-likeness (QED) is 0.577. The molecule has 0 saturated heterocycles. The van der Waals surface area contributed by atoms with Gasteiger partial charge in [0, 0.05) is 24.0 Å². The number of alkyl halides is 3. The van der Waals surface area contributed by atoms with Crippen molar-refractivity contribution in [3.63, 3.8) is 0 Å². The second kappa shape index (κ2) is 8.45. The number of amides is 1. The van der Waals surface area contributed by atoms with Crippen LogP contribution >= 0.6 is 11.3 Å². The Morgan fingerprint density at radius 1 is 1.19 bits per heavy atom. The van der Waals surface area contributed by atoms with Crippen LogP contribution in [0.5, 0.6) is 11.5 Å². The molecule has 2 aromatic heterocycles. The van der Waals surface area contributed by atoms with Gasteiger partial charge >= 0.3 is 12.1 Å². The lowest BCUT2D eigenvalue weighted by molar-refractivity contribution is -0.186. The molecule has 32 heavy (non-hydrogen) atoms. The van der Waals surface area contributed by atoms with Gasteiger partial charge in [0.15, 0.2) is 0 Å². The molecule has 1 aliphatic heterocycles. The highest BCUT2D eigenvalue weighted by Gasteiger charge is 2.43. The number of thiophene rings is 1. The maximum Gasteiger partial charge on any atom is 0.471 e. The summed E-state index contributed by atoms with van der Waals surface area (Å²) >= 11 is 1.16. The van der Waals surface area contributed by atoms with Gasteiger partial charge in [-0.25, -0.2) is 4.98 Å². The van der Waals surface area contributed by atoms with Crippen molar-refractivity contribution in [2.75, 3.05) is 20.8 Å². The number of aryl methyl sites for hydroxylation is 2. The number of fused-ring (bicyclic) bond motifs is 3. The summed E-state index contributed by atoms with van der Waals surface area (Å²) in [6.07, 6.45) is -2.75. The number of methoxy groups -OCH3 is 2. The van der Waals surface area contributed by atoms with Crippen LogP contribution in [0, 0.1) is 0 Å². The van der Waals surface area contributed by atoms with Gasteiger partial charge in [-0.05, 0) is 36.1 Å². The van der Waals surface area contributed by atoms with E-state index in [0.29, 0.717) is 45.1 Å². The Morgan fingerprint density at radius 2 is 1.88 bits per heavy atom. The molecule has 4 rings (SSSR count). The summed E-state index contributed by atoms with van der Waals surface area (Å²) in [6, 6.07) is 5.48. The fraction of sp³-hybridized carbons (Fsp3) is 0.381. The van der Waals surface area contributed by atoms with Gasteiger partial charge in [-0.3, -0.25) is 14.2 Å². The molecule has 170 valence electrons. The maximum absolute atomic E-state index is 13.1. The lowest BCUT2D eigenvalue weighted by atomic mass is 10.1. The van der Waals surface area contributed by atoms with Gasteiger partial charge in [-0.2, -0.15) is 13.2 Å². The number of carbonyl (C=O) groups excluding carboxylic acids is 1. The smallest absolute Gasteiger partial charge is 0.471 e. The number of halogens is 3. The first kappa shape index (κ1) is 22.1. The number of ether oxygens (including phenoxy) is 2. The first-order valence-corrected chi connectivity index (χ1v) is 10.6. The third-order valence-corrected chi connectivity index (χ3v) is 6.53. The predicted molar refractivity (Wildman–Crippen MR) is 112 cm³/mol. The standard InChI is InChI=1S/C21H20F3N3O4S/c1-30-13-7-12(8-14(9-13)31-2)3-5-27-11-25-18-17(19(27)28)15-4-6-26(10-16(15)32-18)20(29)21(22,23)24/h7-9,11H,3-6,10H2,1-2H3. The van der Waals surface area contributed by atoms with Crippen molar-refractivity contribution in [1.82, 2.24) is 14.5 Å². The van der Waals surface area contributed by atoms with E-state index >= 15 is 0 Å². The normalized spacial score (nSPS) is 13.8. The third kappa shape index (κ3) is 4.16. The summed E-state index contributed by atoms with van der Waals surface area (Å²) in [6.45, 7) is 0.105. The molecule has 0 unspecified atom stereocenters. The van der Waals surface area contributed by atoms with Crippen molar-refractivity contribution in [2.45, 2.75) is 32.1 Å².